The molecule has 7 nitrogen and oxygen atoms in total. The normalized spacial score (nSPS) is 15.8. The molecule has 4 rings (SSSR count). The van der Waals surface area contributed by atoms with Crippen molar-refractivity contribution in [1.29, 1.82) is 0 Å². The van der Waals surface area contributed by atoms with Crippen LogP contribution in [-0.4, -0.2) is 32.5 Å². The summed E-state index contributed by atoms with van der Waals surface area (Å²) >= 11 is 0. The lowest BCUT2D eigenvalue weighted by Gasteiger charge is -2.14. The number of aliphatic imine (C=N–C) groups is 1. The van der Waals surface area contributed by atoms with Crippen LogP contribution in [0.4, 0.5) is 5.69 Å². The molecule has 2 aliphatic rings. The molecule has 2 aromatic rings. The zero-order chi connectivity index (χ0) is 20.5. The van der Waals surface area contributed by atoms with Gasteiger partial charge in [0.2, 0.25) is 6.79 Å². The molecule has 0 spiro atoms. The van der Waals surface area contributed by atoms with Crippen LogP contribution in [0, 0.1) is 6.92 Å². The monoisotopic (exact) mass is 394 g/mol. The number of aryl methyl sites for hydroxylation is 1. The van der Waals surface area contributed by atoms with Crippen LogP contribution in [0.5, 0.6) is 23.0 Å². The van der Waals surface area contributed by atoms with E-state index in [2.05, 4.69) is 0 Å². The Morgan fingerprint density at radius 1 is 1.03 bits per heavy atom. The second-order valence-electron chi connectivity index (χ2n) is 6.84. The number of carbonyl (C=O) groups is 1. The molecule has 0 fully saturated rings. The number of allylic oxidation sites excluding steroid dienone is 2. The molecule has 1 heterocycles. The minimum absolute atomic E-state index is 0.0150. The number of methoxy groups -OCH3 is 2. The maximum atomic E-state index is 12.6. The van der Waals surface area contributed by atoms with Gasteiger partial charge in [-0.05, 0) is 43.2 Å². The lowest BCUT2D eigenvalue weighted by molar-refractivity contribution is -0.114. The van der Waals surface area contributed by atoms with Crippen LogP contribution >= 0.6 is 0 Å². The summed E-state index contributed by atoms with van der Waals surface area (Å²) in [6, 6.07) is 9.08. The summed E-state index contributed by atoms with van der Waals surface area (Å²) in [7, 11) is 3.14. The number of ketones is 1. The van der Waals surface area contributed by atoms with Crippen LogP contribution in [0.15, 0.2) is 46.6 Å². The van der Waals surface area contributed by atoms with Gasteiger partial charge in [-0.2, -0.15) is 0 Å². The topological polar surface area (TPSA) is 92.4 Å². The highest BCUT2D eigenvalue weighted by Crippen LogP contribution is 2.38. The van der Waals surface area contributed by atoms with E-state index < -0.39 is 0 Å². The Morgan fingerprint density at radius 3 is 2.41 bits per heavy atom. The van der Waals surface area contributed by atoms with Gasteiger partial charge in [0.1, 0.15) is 0 Å². The Kier molecular flexibility index (Phi) is 4.88. The van der Waals surface area contributed by atoms with Crippen molar-refractivity contribution in [3.8, 4) is 23.0 Å². The number of rotatable bonds is 5. The Bertz CT molecular complexity index is 1060. The van der Waals surface area contributed by atoms with Crippen LogP contribution < -0.4 is 24.7 Å². The highest BCUT2D eigenvalue weighted by Gasteiger charge is 2.29. The van der Waals surface area contributed by atoms with Crippen molar-refractivity contribution in [3.05, 3.63) is 52.7 Å². The molecular weight excluding hydrogens is 372 g/mol. The summed E-state index contributed by atoms with van der Waals surface area (Å²) in [5, 5.41) is 0. The number of hydrogen-bond acceptors (Lipinski definition) is 7. The molecule has 0 saturated carbocycles. The molecule has 0 unspecified atom stereocenters. The van der Waals surface area contributed by atoms with Crippen LogP contribution in [-0.2, 0) is 4.79 Å². The van der Waals surface area contributed by atoms with Crippen LogP contribution in [0.1, 0.15) is 24.0 Å². The van der Waals surface area contributed by atoms with Crippen molar-refractivity contribution in [1.82, 2.24) is 0 Å². The summed E-state index contributed by atoms with van der Waals surface area (Å²) in [6.45, 7) is 2.11. The number of Topliss-reactive ketones (excluding diaryl/α,β-unsaturated/α-hetero) is 1. The van der Waals surface area contributed by atoms with Crippen molar-refractivity contribution in [2.75, 3.05) is 21.0 Å². The third kappa shape index (κ3) is 3.40. The third-order valence-electron chi connectivity index (χ3n) is 5.04. The second-order valence-corrected chi connectivity index (χ2v) is 6.84. The van der Waals surface area contributed by atoms with Gasteiger partial charge in [-0.15, -0.1) is 0 Å². The lowest BCUT2D eigenvalue weighted by Crippen LogP contribution is -2.15. The highest BCUT2D eigenvalue weighted by molar-refractivity contribution is 6.31. The molecule has 0 bridgehead atoms. The van der Waals surface area contributed by atoms with E-state index in [1.807, 2.05) is 19.1 Å². The highest BCUT2D eigenvalue weighted by atomic mass is 16.7. The smallest absolute Gasteiger partial charge is 0.231 e. The van der Waals surface area contributed by atoms with Crippen molar-refractivity contribution in [2.24, 2.45) is 10.7 Å². The predicted molar refractivity (Wildman–Crippen MR) is 108 cm³/mol. The molecule has 0 saturated heterocycles. The number of ether oxygens (including phenoxy) is 4. The van der Waals surface area contributed by atoms with Crippen molar-refractivity contribution in [2.45, 2.75) is 19.8 Å². The van der Waals surface area contributed by atoms with E-state index in [9.17, 15) is 4.79 Å². The average molecular weight is 394 g/mol. The summed E-state index contributed by atoms with van der Waals surface area (Å²) in [4.78, 5) is 17.4. The predicted octanol–water partition coefficient (Wildman–Crippen LogP) is 3.44. The fourth-order valence-electron chi connectivity index (χ4n) is 3.53. The first-order chi connectivity index (χ1) is 14.0. The van der Waals surface area contributed by atoms with Gasteiger partial charge in [-0.3, -0.25) is 4.79 Å². The molecule has 7 heteroatoms. The van der Waals surface area contributed by atoms with Crippen molar-refractivity contribution < 1.29 is 23.7 Å². The molecule has 2 aromatic carbocycles. The van der Waals surface area contributed by atoms with Gasteiger partial charge in [0.25, 0.3) is 0 Å². The molecule has 1 aliphatic heterocycles. The van der Waals surface area contributed by atoms with Gasteiger partial charge in [0, 0.05) is 23.7 Å². The van der Waals surface area contributed by atoms with Gasteiger partial charge >= 0.3 is 0 Å². The van der Waals surface area contributed by atoms with E-state index >= 15 is 0 Å². The molecule has 0 aromatic heterocycles. The van der Waals surface area contributed by atoms with E-state index in [-0.39, 0.29) is 12.6 Å². The molecular formula is C22H22N2O5. The lowest BCUT2D eigenvalue weighted by atomic mass is 9.95. The molecule has 0 radical (unpaired) electrons. The van der Waals surface area contributed by atoms with Gasteiger partial charge in [0.15, 0.2) is 28.8 Å². The molecule has 150 valence electrons. The Balaban J connectivity index is 1.90. The van der Waals surface area contributed by atoms with Crippen molar-refractivity contribution in [3.63, 3.8) is 0 Å². The fraction of sp³-hybridized carbons (Fsp3) is 0.273. The summed E-state index contributed by atoms with van der Waals surface area (Å²) in [5.74, 6) is 2.43. The Morgan fingerprint density at radius 2 is 1.76 bits per heavy atom. The number of carbonyl (C=O) groups excluding carboxylic acids is 1. The first-order valence-corrected chi connectivity index (χ1v) is 9.25. The third-order valence-corrected chi connectivity index (χ3v) is 5.04. The zero-order valence-corrected chi connectivity index (χ0v) is 16.6. The average Bonchev–Trinajstić information content (AvgIpc) is 3.31. The molecule has 29 heavy (non-hydrogen) atoms. The summed E-state index contributed by atoms with van der Waals surface area (Å²) in [6.07, 6.45) is 0.915. The number of nitrogens with zero attached hydrogens (tertiary/aromatic N) is 1. The quantitative estimate of drug-likeness (QED) is 0.781. The maximum absolute atomic E-state index is 12.6. The Hall–Kier alpha value is -3.48. The fourth-order valence-corrected chi connectivity index (χ4v) is 3.53. The number of benzene rings is 2. The van der Waals surface area contributed by atoms with Crippen LogP contribution in [0.3, 0.4) is 0 Å². The van der Waals surface area contributed by atoms with Gasteiger partial charge in [-0.25, -0.2) is 4.99 Å². The van der Waals surface area contributed by atoms with Gasteiger partial charge in [-0.1, -0.05) is 0 Å². The summed E-state index contributed by atoms with van der Waals surface area (Å²) in [5.41, 5.74) is 10.0. The van der Waals surface area contributed by atoms with E-state index in [4.69, 9.17) is 29.7 Å². The SMILES string of the molecule is COc1ccc(N=C(C2=C(N)CCC2=O)c2cc3c(cc2C)OCO3)cc1OC. The molecule has 0 amide bonds. The largest absolute Gasteiger partial charge is 0.493 e. The zero-order valence-electron chi connectivity index (χ0n) is 16.6. The molecule has 2 N–H and O–H groups in total. The van der Waals surface area contributed by atoms with Gasteiger partial charge in [0.05, 0.1) is 31.2 Å². The van der Waals surface area contributed by atoms with Crippen LogP contribution in [0.2, 0.25) is 0 Å². The van der Waals surface area contributed by atoms with E-state index in [0.29, 0.717) is 58.5 Å². The van der Waals surface area contributed by atoms with Crippen molar-refractivity contribution >= 4 is 17.2 Å². The van der Waals surface area contributed by atoms with Crippen LogP contribution in [0.25, 0.3) is 0 Å². The van der Waals surface area contributed by atoms with E-state index in [0.717, 1.165) is 11.1 Å². The van der Waals surface area contributed by atoms with E-state index in [1.54, 1.807) is 32.4 Å². The number of nitrogens with two attached hydrogens (primary N) is 1. The number of fused-ring (bicyclic) bond motifs is 1. The maximum Gasteiger partial charge on any atom is 0.231 e. The first-order valence-electron chi connectivity index (χ1n) is 9.25. The minimum Gasteiger partial charge on any atom is -0.493 e. The number of hydrogen-bond donors (Lipinski definition) is 1. The van der Waals surface area contributed by atoms with E-state index in [1.165, 1.54) is 0 Å². The standard InChI is InChI=1S/C22H22N2O5/c1-12-8-19-20(29-11-28-19)10-14(12)22(21-15(23)5-6-16(21)25)24-13-4-7-17(26-2)18(9-13)27-3/h4,7-10H,5-6,11,23H2,1-3H3. The first kappa shape index (κ1) is 18.9. The second kappa shape index (κ2) is 7.50. The molecule has 1 aliphatic carbocycles. The Labute approximate surface area is 168 Å². The van der Waals surface area contributed by atoms with Gasteiger partial charge < -0.3 is 24.7 Å². The minimum atomic E-state index is -0.0150. The summed E-state index contributed by atoms with van der Waals surface area (Å²) < 4.78 is 21.7. The molecule has 0 atom stereocenters.